The molecule has 0 aromatic carbocycles. The lowest BCUT2D eigenvalue weighted by Gasteiger charge is -2.51. The van der Waals surface area contributed by atoms with Gasteiger partial charge in [-0.2, -0.15) is 0 Å². The Labute approximate surface area is 88.5 Å². The molecule has 0 aromatic rings. The van der Waals surface area contributed by atoms with Gasteiger partial charge < -0.3 is 0 Å². The van der Waals surface area contributed by atoms with Crippen LogP contribution < -0.4 is 0 Å². The Kier molecular flexibility index (Phi) is 1.98. The largest absolute Gasteiger partial charge is 0.0622 e. The first-order valence-electron chi connectivity index (χ1n) is 6.68. The highest BCUT2D eigenvalue weighted by Crippen LogP contribution is 2.60. The Hall–Kier alpha value is 0. The topological polar surface area (TPSA) is 0 Å². The maximum absolute atomic E-state index is 2.48. The zero-order valence-corrected chi connectivity index (χ0v) is 9.76. The summed E-state index contributed by atoms with van der Waals surface area (Å²) < 4.78 is 0. The summed E-state index contributed by atoms with van der Waals surface area (Å²) in [5.74, 6) is 4.29. The van der Waals surface area contributed by atoms with Gasteiger partial charge in [0.05, 0.1) is 0 Å². The third-order valence-corrected chi connectivity index (χ3v) is 5.63. The van der Waals surface area contributed by atoms with Gasteiger partial charge in [-0.1, -0.05) is 26.7 Å². The summed E-state index contributed by atoms with van der Waals surface area (Å²) in [6, 6.07) is 0. The average Bonchev–Trinajstić information content (AvgIpc) is 2.32. The van der Waals surface area contributed by atoms with Crippen molar-refractivity contribution in [1.82, 2.24) is 0 Å². The lowest BCUT2D eigenvalue weighted by Crippen LogP contribution is -2.41. The fourth-order valence-corrected chi connectivity index (χ4v) is 4.97. The molecule has 4 fully saturated rings. The molecule has 0 aromatic heterocycles. The van der Waals surface area contributed by atoms with Crippen molar-refractivity contribution in [1.29, 1.82) is 0 Å². The SMILES string of the molecule is CC(C)C12CC3CCC(CC(C3)C1)C2. The third kappa shape index (κ3) is 1.26. The molecular weight excluding hydrogens is 168 g/mol. The fraction of sp³-hybridized carbons (Fsp3) is 1.00. The highest BCUT2D eigenvalue weighted by molar-refractivity contribution is 5.00. The van der Waals surface area contributed by atoms with Gasteiger partial charge in [-0.3, -0.25) is 0 Å². The summed E-state index contributed by atoms with van der Waals surface area (Å²) in [5, 5.41) is 0. The lowest BCUT2D eigenvalue weighted by atomic mass is 9.54. The third-order valence-electron chi connectivity index (χ3n) is 5.63. The summed E-state index contributed by atoms with van der Waals surface area (Å²) in [6.45, 7) is 4.96. The molecule has 0 radical (unpaired) electrons. The van der Waals surface area contributed by atoms with E-state index in [0.717, 1.165) is 29.1 Å². The van der Waals surface area contributed by atoms with E-state index in [1.807, 2.05) is 0 Å². The van der Waals surface area contributed by atoms with Crippen LogP contribution in [0, 0.1) is 29.1 Å². The molecule has 0 heterocycles. The number of hydrogen-bond acceptors (Lipinski definition) is 0. The van der Waals surface area contributed by atoms with E-state index in [9.17, 15) is 0 Å². The second-order valence-corrected chi connectivity index (χ2v) is 6.78. The second kappa shape index (κ2) is 3.00. The first-order valence-corrected chi connectivity index (χ1v) is 6.68. The Morgan fingerprint density at radius 2 is 1.36 bits per heavy atom. The minimum Gasteiger partial charge on any atom is -0.0622 e. The van der Waals surface area contributed by atoms with E-state index < -0.39 is 0 Å². The second-order valence-electron chi connectivity index (χ2n) is 6.78. The zero-order valence-electron chi connectivity index (χ0n) is 9.76. The van der Waals surface area contributed by atoms with Crippen molar-refractivity contribution in [3.05, 3.63) is 0 Å². The normalized spacial score (nSPS) is 51.2. The van der Waals surface area contributed by atoms with Gasteiger partial charge >= 0.3 is 0 Å². The van der Waals surface area contributed by atoms with Gasteiger partial charge in [0.15, 0.2) is 0 Å². The van der Waals surface area contributed by atoms with Gasteiger partial charge in [0.2, 0.25) is 0 Å². The summed E-state index contributed by atoms with van der Waals surface area (Å²) in [5.41, 5.74) is 0.785. The lowest BCUT2D eigenvalue weighted by molar-refractivity contribution is -0.00358. The van der Waals surface area contributed by atoms with E-state index >= 15 is 0 Å². The minimum absolute atomic E-state index is 0.785. The molecule has 0 saturated heterocycles. The first-order chi connectivity index (χ1) is 6.68. The van der Waals surface area contributed by atoms with E-state index in [4.69, 9.17) is 0 Å². The van der Waals surface area contributed by atoms with E-state index in [1.165, 1.54) is 0 Å². The maximum Gasteiger partial charge on any atom is -0.0267 e. The highest BCUT2D eigenvalue weighted by Gasteiger charge is 2.49. The minimum atomic E-state index is 0.785. The predicted octanol–water partition coefficient (Wildman–Crippen LogP) is 4.25. The van der Waals surface area contributed by atoms with Crippen LogP contribution in [0.1, 0.15) is 58.8 Å². The van der Waals surface area contributed by atoms with Crippen LogP contribution in [0.4, 0.5) is 0 Å². The van der Waals surface area contributed by atoms with Crippen LogP contribution in [0.2, 0.25) is 0 Å². The summed E-state index contributed by atoms with van der Waals surface area (Å²) in [7, 11) is 0. The molecule has 0 nitrogen and oxygen atoms in total. The monoisotopic (exact) mass is 192 g/mol. The first kappa shape index (κ1) is 9.24. The molecule has 0 N–H and O–H groups in total. The van der Waals surface area contributed by atoms with E-state index in [0.29, 0.717) is 0 Å². The predicted molar refractivity (Wildman–Crippen MR) is 60.1 cm³/mol. The molecule has 0 heteroatoms. The molecule has 4 aliphatic carbocycles. The van der Waals surface area contributed by atoms with Gasteiger partial charge in [0.1, 0.15) is 0 Å². The van der Waals surface area contributed by atoms with Gasteiger partial charge in [-0.25, -0.2) is 0 Å². The molecule has 0 amide bonds. The van der Waals surface area contributed by atoms with Gasteiger partial charge in [0, 0.05) is 0 Å². The summed E-state index contributed by atoms with van der Waals surface area (Å²) in [4.78, 5) is 0. The zero-order chi connectivity index (χ0) is 9.76. The summed E-state index contributed by atoms with van der Waals surface area (Å²) in [6.07, 6.45) is 11.0. The number of hydrogen-bond donors (Lipinski definition) is 0. The quantitative estimate of drug-likeness (QED) is 0.582. The Morgan fingerprint density at radius 1 is 0.857 bits per heavy atom. The molecule has 4 bridgehead atoms. The fourth-order valence-electron chi connectivity index (χ4n) is 4.97. The average molecular weight is 192 g/mol. The van der Waals surface area contributed by atoms with Crippen molar-refractivity contribution < 1.29 is 0 Å². The van der Waals surface area contributed by atoms with Gasteiger partial charge in [0.25, 0.3) is 0 Å². The van der Waals surface area contributed by atoms with Crippen LogP contribution in [-0.4, -0.2) is 0 Å². The van der Waals surface area contributed by atoms with E-state index in [1.54, 1.807) is 44.9 Å². The smallest absolute Gasteiger partial charge is 0.0267 e. The molecule has 2 atom stereocenters. The standard InChI is InChI=1S/C14H24/c1-10(2)14-7-11-3-4-12(8-14)6-13(5-11)9-14/h10-13H,3-9H2,1-2H3. The molecule has 0 spiro atoms. The van der Waals surface area contributed by atoms with Crippen molar-refractivity contribution in [3.63, 3.8) is 0 Å². The molecule has 2 unspecified atom stereocenters. The number of fused-ring (bicyclic) bond motifs is 1. The van der Waals surface area contributed by atoms with Crippen LogP contribution >= 0.6 is 0 Å². The van der Waals surface area contributed by atoms with Crippen LogP contribution in [0.25, 0.3) is 0 Å². The van der Waals surface area contributed by atoms with Crippen molar-refractivity contribution in [2.45, 2.75) is 58.8 Å². The maximum atomic E-state index is 2.48. The Bertz CT molecular complexity index is 212. The summed E-state index contributed by atoms with van der Waals surface area (Å²) >= 11 is 0. The Balaban J connectivity index is 1.94. The van der Waals surface area contributed by atoms with Crippen LogP contribution in [0.15, 0.2) is 0 Å². The van der Waals surface area contributed by atoms with Crippen molar-refractivity contribution in [2.75, 3.05) is 0 Å². The van der Waals surface area contributed by atoms with E-state index in [-0.39, 0.29) is 0 Å². The molecule has 80 valence electrons. The number of rotatable bonds is 1. The van der Waals surface area contributed by atoms with Crippen molar-refractivity contribution >= 4 is 0 Å². The Morgan fingerprint density at radius 3 is 1.86 bits per heavy atom. The molecule has 4 saturated carbocycles. The van der Waals surface area contributed by atoms with Crippen LogP contribution in [0.5, 0.6) is 0 Å². The van der Waals surface area contributed by atoms with Crippen molar-refractivity contribution in [3.8, 4) is 0 Å². The van der Waals surface area contributed by atoms with Crippen molar-refractivity contribution in [2.24, 2.45) is 29.1 Å². The van der Waals surface area contributed by atoms with E-state index in [2.05, 4.69) is 13.8 Å². The molecule has 14 heavy (non-hydrogen) atoms. The van der Waals surface area contributed by atoms with Crippen LogP contribution in [-0.2, 0) is 0 Å². The molecule has 4 rings (SSSR count). The molecule has 0 aliphatic heterocycles. The van der Waals surface area contributed by atoms with Gasteiger partial charge in [-0.05, 0) is 61.2 Å². The highest BCUT2D eigenvalue weighted by atomic mass is 14.5. The van der Waals surface area contributed by atoms with Gasteiger partial charge in [-0.15, -0.1) is 0 Å². The molecule has 4 aliphatic rings. The van der Waals surface area contributed by atoms with Crippen LogP contribution in [0.3, 0.4) is 0 Å². The molecular formula is C14H24.